The summed E-state index contributed by atoms with van der Waals surface area (Å²) in [4.78, 5) is 23.9. The van der Waals surface area contributed by atoms with Gasteiger partial charge in [-0.2, -0.15) is 11.3 Å². The number of nitrogens with zero attached hydrogens (tertiary/aromatic N) is 3. The number of amides is 1. The maximum atomic E-state index is 12.5. The van der Waals surface area contributed by atoms with Crippen molar-refractivity contribution in [2.24, 2.45) is 0 Å². The molecule has 2 aromatic heterocycles. The molecule has 1 aliphatic rings. The molecule has 0 aliphatic carbocycles. The fourth-order valence-corrected chi connectivity index (χ4v) is 4.32. The number of hydrogen-bond acceptors (Lipinski definition) is 6. The Morgan fingerprint density at radius 3 is 2.87 bits per heavy atom. The van der Waals surface area contributed by atoms with Gasteiger partial charge in [-0.1, -0.05) is 12.1 Å². The molecule has 0 spiro atoms. The van der Waals surface area contributed by atoms with Crippen molar-refractivity contribution in [3.8, 4) is 11.3 Å². The first kappa shape index (κ1) is 20.5. The predicted molar refractivity (Wildman–Crippen MR) is 122 cm³/mol. The van der Waals surface area contributed by atoms with Gasteiger partial charge in [0.1, 0.15) is 0 Å². The molecule has 30 heavy (non-hydrogen) atoms. The largest absolute Gasteiger partial charge is 0.354 e. The molecule has 0 bridgehead atoms. The van der Waals surface area contributed by atoms with Crippen LogP contribution in [0, 0.1) is 0 Å². The van der Waals surface area contributed by atoms with Crippen LogP contribution in [0.15, 0.2) is 53.4 Å². The molecule has 7 heteroatoms. The van der Waals surface area contributed by atoms with Crippen LogP contribution in [-0.2, 0) is 6.42 Å². The second-order valence-corrected chi connectivity index (χ2v) is 8.24. The van der Waals surface area contributed by atoms with Crippen LogP contribution in [0.3, 0.4) is 0 Å². The lowest BCUT2D eigenvalue weighted by Crippen LogP contribution is -2.33. The van der Waals surface area contributed by atoms with Gasteiger partial charge in [-0.25, -0.2) is 9.97 Å². The summed E-state index contributed by atoms with van der Waals surface area (Å²) >= 11 is 1.71. The Labute approximate surface area is 181 Å². The van der Waals surface area contributed by atoms with E-state index < -0.39 is 0 Å². The van der Waals surface area contributed by atoms with Gasteiger partial charge in [-0.3, -0.25) is 4.79 Å². The van der Waals surface area contributed by atoms with Gasteiger partial charge in [0, 0.05) is 37.0 Å². The van der Waals surface area contributed by atoms with Crippen LogP contribution in [0.2, 0.25) is 0 Å². The van der Waals surface area contributed by atoms with Gasteiger partial charge >= 0.3 is 0 Å². The van der Waals surface area contributed by atoms with Crippen LogP contribution in [-0.4, -0.2) is 53.5 Å². The van der Waals surface area contributed by atoms with Crippen LogP contribution >= 0.6 is 11.3 Å². The molecular weight excluding hydrogens is 394 g/mol. The molecule has 1 fully saturated rings. The van der Waals surface area contributed by atoms with Crippen molar-refractivity contribution in [1.29, 1.82) is 0 Å². The Bertz CT molecular complexity index is 954. The monoisotopic (exact) mass is 421 g/mol. The molecule has 3 heterocycles. The number of benzene rings is 1. The zero-order chi connectivity index (χ0) is 20.6. The predicted octanol–water partition coefficient (Wildman–Crippen LogP) is 3.69. The summed E-state index contributed by atoms with van der Waals surface area (Å²) in [7, 11) is 0. The van der Waals surface area contributed by atoms with Crippen molar-refractivity contribution < 1.29 is 4.79 Å². The summed E-state index contributed by atoms with van der Waals surface area (Å²) in [5.41, 5.74) is 3.67. The van der Waals surface area contributed by atoms with E-state index in [2.05, 4.69) is 42.3 Å². The average Bonchev–Trinajstić information content (AvgIpc) is 3.48. The van der Waals surface area contributed by atoms with E-state index in [1.54, 1.807) is 17.5 Å². The zero-order valence-electron chi connectivity index (χ0n) is 17.0. The van der Waals surface area contributed by atoms with Crippen LogP contribution in [0.4, 0.5) is 5.95 Å². The normalized spacial score (nSPS) is 14.0. The van der Waals surface area contributed by atoms with E-state index in [0.29, 0.717) is 18.1 Å². The zero-order valence-corrected chi connectivity index (χ0v) is 17.8. The fourth-order valence-electron chi connectivity index (χ4n) is 3.61. The van der Waals surface area contributed by atoms with E-state index in [0.717, 1.165) is 43.9 Å². The lowest BCUT2D eigenvalue weighted by atomic mass is 10.1. The molecular formula is C23H27N5OS. The number of anilines is 1. The molecule has 3 aromatic rings. The summed E-state index contributed by atoms with van der Waals surface area (Å²) < 4.78 is 0. The van der Waals surface area contributed by atoms with Gasteiger partial charge in [0.05, 0.1) is 5.69 Å². The highest BCUT2D eigenvalue weighted by atomic mass is 32.1. The van der Waals surface area contributed by atoms with E-state index in [4.69, 9.17) is 0 Å². The number of likely N-dealkylation sites (tertiary alicyclic amines) is 1. The van der Waals surface area contributed by atoms with E-state index >= 15 is 0 Å². The minimum absolute atomic E-state index is 0.0424. The number of carbonyl (C=O) groups is 1. The van der Waals surface area contributed by atoms with Crippen LogP contribution in [0.5, 0.6) is 0 Å². The van der Waals surface area contributed by atoms with Crippen molar-refractivity contribution in [1.82, 2.24) is 20.2 Å². The molecule has 1 amide bonds. The molecule has 0 unspecified atom stereocenters. The van der Waals surface area contributed by atoms with Gasteiger partial charge in [0.15, 0.2) is 0 Å². The van der Waals surface area contributed by atoms with E-state index in [9.17, 15) is 4.79 Å². The fraction of sp³-hybridized carbons (Fsp3) is 0.348. The SMILES string of the molecule is O=C(NCCN1CCCC1)c1cccc(-c2ccnc(NCCc3ccsc3)n2)c1. The van der Waals surface area contributed by atoms with Crippen molar-refractivity contribution >= 4 is 23.2 Å². The first-order valence-corrected chi connectivity index (χ1v) is 11.4. The summed E-state index contributed by atoms with van der Waals surface area (Å²) in [6, 6.07) is 11.6. The molecule has 156 valence electrons. The molecule has 6 nitrogen and oxygen atoms in total. The van der Waals surface area contributed by atoms with E-state index in [1.807, 2.05) is 30.3 Å². The molecule has 0 saturated carbocycles. The number of nitrogens with one attached hydrogen (secondary N) is 2. The standard InChI is InChI=1S/C23H27N5OS/c29-22(24-11-14-28-12-1-2-13-28)20-5-3-4-19(16-20)21-7-10-26-23(27-21)25-9-6-18-8-15-30-17-18/h3-5,7-8,10,15-17H,1-2,6,9,11-14H2,(H,24,29)(H,25,26,27). The molecule has 0 radical (unpaired) electrons. The molecule has 4 rings (SSSR count). The Hall–Kier alpha value is -2.77. The highest BCUT2D eigenvalue weighted by Crippen LogP contribution is 2.19. The van der Waals surface area contributed by atoms with Crippen LogP contribution in [0.1, 0.15) is 28.8 Å². The summed E-state index contributed by atoms with van der Waals surface area (Å²) in [6.07, 6.45) is 5.21. The molecule has 2 N–H and O–H groups in total. The summed E-state index contributed by atoms with van der Waals surface area (Å²) in [6.45, 7) is 4.65. The van der Waals surface area contributed by atoms with Crippen molar-refractivity contribution in [3.63, 3.8) is 0 Å². The second kappa shape index (κ2) is 10.3. The quantitative estimate of drug-likeness (QED) is 0.552. The molecule has 1 saturated heterocycles. The summed E-state index contributed by atoms with van der Waals surface area (Å²) in [5, 5.41) is 10.6. The van der Waals surface area contributed by atoms with Gasteiger partial charge in [0.25, 0.3) is 5.91 Å². The van der Waals surface area contributed by atoms with Gasteiger partial charge in [-0.15, -0.1) is 0 Å². The Morgan fingerprint density at radius 2 is 2.03 bits per heavy atom. The van der Waals surface area contributed by atoms with Crippen LogP contribution in [0.25, 0.3) is 11.3 Å². The van der Waals surface area contributed by atoms with Gasteiger partial charge < -0.3 is 15.5 Å². The third-order valence-corrected chi connectivity index (χ3v) is 6.00. The highest BCUT2D eigenvalue weighted by Gasteiger charge is 2.12. The molecule has 0 atom stereocenters. The lowest BCUT2D eigenvalue weighted by molar-refractivity contribution is 0.0950. The van der Waals surface area contributed by atoms with Gasteiger partial charge in [0.2, 0.25) is 5.95 Å². The van der Waals surface area contributed by atoms with Gasteiger partial charge in [-0.05, 0) is 72.9 Å². The lowest BCUT2D eigenvalue weighted by Gasteiger charge is -2.14. The topological polar surface area (TPSA) is 70.2 Å². The third kappa shape index (κ3) is 5.64. The van der Waals surface area contributed by atoms with E-state index in [-0.39, 0.29) is 5.91 Å². The number of aromatic nitrogens is 2. The Kier molecular flexibility index (Phi) is 7.05. The van der Waals surface area contributed by atoms with Crippen molar-refractivity contribution in [3.05, 3.63) is 64.5 Å². The highest BCUT2D eigenvalue weighted by molar-refractivity contribution is 7.07. The van der Waals surface area contributed by atoms with E-state index in [1.165, 1.54) is 18.4 Å². The number of hydrogen-bond donors (Lipinski definition) is 2. The maximum Gasteiger partial charge on any atom is 0.251 e. The molecule has 1 aromatic carbocycles. The smallest absolute Gasteiger partial charge is 0.251 e. The number of rotatable bonds is 9. The van der Waals surface area contributed by atoms with Crippen LogP contribution < -0.4 is 10.6 Å². The van der Waals surface area contributed by atoms with Crippen molar-refractivity contribution in [2.45, 2.75) is 19.3 Å². The minimum Gasteiger partial charge on any atom is -0.354 e. The third-order valence-electron chi connectivity index (χ3n) is 5.27. The first-order chi connectivity index (χ1) is 14.8. The Morgan fingerprint density at radius 1 is 1.13 bits per heavy atom. The minimum atomic E-state index is -0.0424. The first-order valence-electron chi connectivity index (χ1n) is 10.5. The summed E-state index contributed by atoms with van der Waals surface area (Å²) in [5.74, 6) is 0.558. The number of carbonyl (C=O) groups excluding carboxylic acids is 1. The molecule has 1 aliphatic heterocycles. The second-order valence-electron chi connectivity index (χ2n) is 7.46. The average molecular weight is 422 g/mol. The Balaban J connectivity index is 1.34. The maximum absolute atomic E-state index is 12.5. The van der Waals surface area contributed by atoms with Crippen molar-refractivity contribution in [2.75, 3.05) is 38.0 Å². The number of thiophene rings is 1.